The van der Waals surface area contributed by atoms with Gasteiger partial charge in [-0.3, -0.25) is 4.79 Å². The Bertz CT molecular complexity index is 896. The summed E-state index contributed by atoms with van der Waals surface area (Å²) in [5.41, 5.74) is 5.27. The molecule has 0 saturated heterocycles. The Morgan fingerprint density at radius 3 is 2.50 bits per heavy atom. The van der Waals surface area contributed by atoms with Crippen molar-refractivity contribution in [3.63, 3.8) is 0 Å². The normalized spacial score (nSPS) is 11.5. The van der Waals surface area contributed by atoms with Crippen LogP contribution < -0.4 is 5.43 Å². The number of rotatable bonds is 4. The number of nitrogens with one attached hydrogen (secondary N) is 1. The van der Waals surface area contributed by atoms with Gasteiger partial charge in [0.15, 0.2) is 0 Å². The number of nitrogens with zero attached hydrogens (tertiary/aromatic N) is 1. The molecule has 1 amide bonds. The molecule has 0 fully saturated rings. The Kier molecular flexibility index (Phi) is 4.92. The lowest BCUT2D eigenvalue weighted by atomic mass is 10.0. The number of carbonyl (C=O) groups is 1. The maximum Gasteiger partial charge on any atom is 0.244 e. The van der Waals surface area contributed by atoms with Gasteiger partial charge in [0.2, 0.25) is 5.91 Å². The Labute approximate surface area is 146 Å². The van der Waals surface area contributed by atoms with Crippen molar-refractivity contribution in [2.24, 2.45) is 5.10 Å². The molecule has 0 bridgehead atoms. The van der Waals surface area contributed by atoms with Crippen LogP contribution in [0, 0.1) is 0 Å². The zero-order chi connectivity index (χ0) is 16.9. The molecule has 24 heavy (non-hydrogen) atoms. The van der Waals surface area contributed by atoms with Gasteiger partial charge in [-0.05, 0) is 41.0 Å². The summed E-state index contributed by atoms with van der Waals surface area (Å²) < 4.78 is 0. The zero-order valence-corrected chi connectivity index (χ0v) is 14.0. The highest BCUT2D eigenvalue weighted by Gasteiger charge is 2.06. The van der Waals surface area contributed by atoms with E-state index in [0.717, 1.165) is 27.6 Å². The Morgan fingerprint density at radius 1 is 1.00 bits per heavy atom. The van der Waals surface area contributed by atoms with Gasteiger partial charge in [-0.1, -0.05) is 66.2 Å². The van der Waals surface area contributed by atoms with E-state index in [-0.39, 0.29) is 5.91 Å². The number of halogens is 1. The van der Waals surface area contributed by atoms with Crippen LogP contribution in [0.4, 0.5) is 0 Å². The van der Waals surface area contributed by atoms with Crippen molar-refractivity contribution < 1.29 is 4.79 Å². The largest absolute Gasteiger partial charge is 0.273 e. The second-order valence-electron chi connectivity index (χ2n) is 5.55. The van der Waals surface area contributed by atoms with Crippen LogP contribution in [0.2, 0.25) is 5.02 Å². The lowest BCUT2D eigenvalue weighted by Crippen LogP contribution is -2.21. The molecule has 3 nitrogen and oxygen atoms in total. The van der Waals surface area contributed by atoms with Crippen LogP contribution in [0.15, 0.2) is 71.8 Å². The average Bonchev–Trinajstić information content (AvgIpc) is 2.61. The highest BCUT2D eigenvalue weighted by Crippen LogP contribution is 2.18. The maximum absolute atomic E-state index is 12.2. The summed E-state index contributed by atoms with van der Waals surface area (Å²) in [7, 11) is 0. The number of hydrogen-bond acceptors (Lipinski definition) is 2. The third-order valence-electron chi connectivity index (χ3n) is 3.84. The quantitative estimate of drug-likeness (QED) is 0.550. The van der Waals surface area contributed by atoms with Crippen molar-refractivity contribution in [3.8, 4) is 0 Å². The van der Waals surface area contributed by atoms with E-state index >= 15 is 0 Å². The third-order valence-corrected chi connectivity index (χ3v) is 4.09. The van der Waals surface area contributed by atoms with Crippen molar-refractivity contribution in [2.45, 2.75) is 13.3 Å². The molecule has 0 aliphatic heterocycles. The number of carbonyl (C=O) groups excluding carboxylic acids is 1. The van der Waals surface area contributed by atoms with Crippen LogP contribution >= 0.6 is 11.6 Å². The van der Waals surface area contributed by atoms with E-state index in [1.807, 2.05) is 61.5 Å². The lowest BCUT2D eigenvalue weighted by molar-refractivity contribution is -0.120. The van der Waals surface area contributed by atoms with E-state index in [9.17, 15) is 4.79 Å². The molecule has 0 aliphatic rings. The van der Waals surface area contributed by atoms with Crippen LogP contribution in [0.1, 0.15) is 18.1 Å². The predicted molar refractivity (Wildman–Crippen MR) is 99.5 cm³/mol. The van der Waals surface area contributed by atoms with E-state index in [2.05, 4.69) is 10.5 Å². The highest BCUT2D eigenvalue weighted by atomic mass is 35.5. The van der Waals surface area contributed by atoms with Crippen LogP contribution in [-0.2, 0) is 11.2 Å². The summed E-state index contributed by atoms with van der Waals surface area (Å²) in [6.07, 6.45) is 0.290. The van der Waals surface area contributed by atoms with Gasteiger partial charge in [0.05, 0.1) is 12.1 Å². The summed E-state index contributed by atoms with van der Waals surface area (Å²) in [5.74, 6) is -0.139. The summed E-state index contributed by atoms with van der Waals surface area (Å²) in [5, 5.41) is 7.07. The SMILES string of the molecule is C/C(=N\NC(=O)Cc1cccc2ccccc12)c1ccc(Cl)cc1. The van der Waals surface area contributed by atoms with Crippen molar-refractivity contribution in [1.29, 1.82) is 0 Å². The van der Waals surface area contributed by atoms with Gasteiger partial charge in [-0.2, -0.15) is 5.10 Å². The Balaban J connectivity index is 1.71. The van der Waals surface area contributed by atoms with Crippen molar-refractivity contribution in [3.05, 3.63) is 82.9 Å². The summed E-state index contributed by atoms with van der Waals surface area (Å²) in [4.78, 5) is 12.2. The van der Waals surface area contributed by atoms with E-state index in [1.165, 1.54) is 0 Å². The molecule has 0 radical (unpaired) electrons. The summed E-state index contributed by atoms with van der Waals surface area (Å²) in [6, 6.07) is 21.4. The lowest BCUT2D eigenvalue weighted by Gasteiger charge is -2.06. The van der Waals surface area contributed by atoms with Crippen LogP contribution in [0.5, 0.6) is 0 Å². The highest BCUT2D eigenvalue weighted by molar-refractivity contribution is 6.30. The van der Waals surface area contributed by atoms with Gasteiger partial charge in [-0.25, -0.2) is 5.43 Å². The minimum absolute atomic E-state index is 0.139. The number of hydrogen-bond donors (Lipinski definition) is 1. The molecule has 3 aromatic carbocycles. The zero-order valence-electron chi connectivity index (χ0n) is 13.3. The molecule has 120 valence electrons. The second-order valence-corrected chi connectivity index (χ2v) is 5.99. The van der Waals surface area contributed by atoms with E-state index < -0.39 is 0 Å². The van der Waals surface area contributed by atoms with E-state index in [0.29, 0.717) is 11.4 Å². The van der Waals surface area contributed by atoms with Crippen LogP contribution in [0.3, 0.4) is 0 Å². The molecule has 4 heteroatoms. The van der Waals surface area contributed by atoms with Gasteiger partial charge in [0.1, 0.15) is 0 Å². The first-order chi connectivity index (χ1) is 11.6. The minimum atomic E-state index is -0.139. The standard InChI is InChI=1S/C20H17ClN2O/c1-14(15-9-11-18(21)12-10-15)22-23-20(24)13-17-7-4-6-16-5-2-3-8-19(16)17/h2-12H,13H2,1H3,(H,23,24)/b22-14+. The number of hydrazone groups is 1. The van der Waals surface area contributed by atoms with Gasteiger partial charge >= 0.3 is 0 Å². The molecule has 1 N–H and O–H groups in total. The molecule has 3 aromatic rings. The number of amides is 1. The predicted octanol–water partition coefficient (Wildman–Crippen LogP) is 4.58. The number of fused-ring (bicyclic) bond motifs is 1. The average molecular weight is 337 g/mol. The first kappa shape index (κ1) is 16.2. The van der Waals surface area contributed by atoms with Gasteiger partial charge in [0.25, 0.3) is 0 Å². The van der Waals surface area contributed by atoms with Crippen LogP contribution in [0.25, 0.3) is 10.8 Å². The Hall–Kier alpha value is -2.65. The van der Waals surface area contributed by atoms with E-state index in [1.54, 1.807) is 12.1 Å². The van der Waals surface area contributed by atoms with E-state index in [4.69, 9.17) is 11.6 Å². The fraction of sp³-hybridized carbons (Fsp3) is 0.100. The monoisotopic (exact) mass is 336 g/mol. The van der Waals surface area contributed by atoms with Crippen molar-refractivity contribution in [1.82, 2.24) is 5.43 Å². The second kappa shape index (κ2) is 7.28. The Morgan fingerprint density at radius 2 is 1.71 bits per heavy atom. The summed E-state index contributed by atoms with van der Waals surface area (Å²) >= 11 is 5.87. The first-order valence-corrected chi connectivity index (χ1v) is 8.07. The van der Waals surface area contributed by atoms with Gasteiger partial charge in [0, 0.05) is 5.02 Å². The maximum atomic E-state index is 12.2. The third kappa shape index (κ3) is 3.81. The van der Waals surface area contributed by atoms with Crippen molar-refractivity contribution >= 4 is 34.0 Å². The molecule has 0 heterocycles. The molecule has 3 rings (SSSR count). The van der Waals surface area contributed by atoms with Gasteiger partial charge in [-0.15, -0.1) is 0 Å². The molecular weight excluding hydrogens is 320 g/mol. The molecule has 0 spiro atoms. The molecule has 0 saturated carbocycles. The summed E-state index contributed by atoms with van der Waals surface area (Å²) in [6.45, 7) is 1.85. The number of benzene rings is 3. The topological polar surface area (TPSA) is 41.5 Å². The minimum Gasteiger partial charge on any atom is -0.273 e. The van der Waals surface area contributed by atoms with Crippen LogP contribution in [-0.4, -0.2) is 11.6 Å². The first-order valence-electron chi connectivity index (χ1n) is 7.69. The molecule has 0 unspecified atom stereocenters. The molecule has 0 aliphatic carbocycles. The van der Waals surface area contributed by atoms with Crippen molar-refractivity contribution in [2.75, 3.05) is 0 Å². The molecule has 0 atom stereocenters. The molecule has 0 aromatic heterocycles. The smallest absolute Gasteiger partial charge is 0.244 e. The fourth-order valence-electron chi connectivity index (χ4n) is 2.56. The molecular formula is C20H17ClN2O. The fourth-order valence-corrected chi connectivity index (χ4v) is 2.69. The van der Waals surface area contributed by atoms with Gasteiger partial charge < -0.3 is 0 Å².